The first-order valence-electron chi connectivity index (χ1n) is 5.86. The van der Waals surface area contributed by atoms with Crippen molar-refractivity contribution in [3.8, 4) is 0 Å². The van der Waals surface area contributed by atoms with E-state index in [1.807, 2.05) is 0 Å². The van der Waals surface area contributed by atoms with Gasteiger partial charge in [0.2, 0.25) is 15.4 Å². The normalized spacial score (nSPS) is 11.6. The van der Waals surface area contributed by atoms with Crippen molar-refractivity contribution in [2.24, 2.45) is 0 Å². The molecule has 10 heteroatoms. The van der Waals surface area contributed by atoms with E-state index in [0.717, 1.165) is 21.2 Å². The zero-order valence-electron chi connectivity index (χ0n) is 11.3. The minimum absolute atomic E-state index is 0.149. The van der Waals surface area contributed by atoms with E-state index in [4.69, 9.17) is 0 Å². The first kappa shape index (κ1) is 15.5. The second-order valence-electron chi connectivity index (χ2n) is 4.18. The van der Waals surface area contributed by atoms with Gasteiger partial charge in [-0.05, 0) is 11.6 Å². The lowest BCUT2D eigenvalue weighted by atomic mass is 10.3. The molecule has 2 rings (SSSR count). The number of carbonyl (C=O) groups excluding carboxylic acids is 1. The van der Waals surface area contributed by atoms with Crippen LogP contribution in [0.5, 0.6) is 0 Å². The third-order valence-corrected chi connectivity index (χ3v) is 5.44. The zero-order chi connectivity index (χ0) is 15.5. The standard InChI is InChI=1S/C11H13N5O3S2/c1-8(17)13-10-14-15-11(20-10)21(18,19)16(2)7-9-4-3-5-12-6-9/h3-6H,7H2,1-2H3,(H,13,14,17). The molecule has 2 heterocycles. The molecule has 0 aromatic carbocycles. The van der Waals surface area contributed by atoms with Gasteiger partial charge in [-0.2, -0.15) is 4.31 Å². The quantitative estimate of drug-likeness (QED) is 0.811. The van der Waals surface area contributed by atoms with E-state index in [9.17, 15) is 13.2 Å². The molecule has 8 nitrogen and oxygen atoms in total. The Bertz CT molecular complexity index is 729. The molecule has 2 aromatic heterocycles. The number of carbonyl (C=O) groups is 1. The minimum Gasteiger partial charge on any atom is -0.301 e. The van der Waals surface area contributed by atoms with Crippen LogP contribution in [-0.4, -0.2) is 40.9 Å². The van der Waals surface area contributed by atoms with Crippen molar-refractivity contribution in [1.82, 2.24) is 19.5 Å². The van der Waals surface area contributed by atoms with E-state index in [0.29, 0.717) is 0 Å². The molecule has 21 heavy (non-hydrogen) atoms. The fourth-order valence-corrected chi connectivity index (χ4v) is 3.78. The van der Waals surface area contributed by atoms with E-state index >= 15 is 0 Å². The molecule has 0 unspecified atom stereocenters. The van der Waals surface area contributed by atoms with Crippen molar-refractivity contribution in [1.29, 1.82) is 0 Å². The predicted octanol–water partition coefficient (Wildman–Crippen LogP) is 0.712. The molecule has 2 aromatic rings. The maximum absolute atomic E-state index is 12.3. The lowest BCUT2D eigenvalue weighted by Crippen LogP contribution is -2.26. The Morgan fingerprint density at radius 2 is 2.19 bits per heavy atom. The molecule has 1 N–H and O–H groups in total. The highest BCUT2D eigenvalue weighted by atomic mass is 32.2. The van der Waals surface area contributed by atoms with Crippen LogP contribution in [0.1, 0.15) is 12.5 Å². The number of amides is 1. The summed E-state index contributed by atoms with van der Waals surface area (Å²) >= 11 is 0.808. The summed E-state index contributed by atoms with van der Waals surface area (Å²) < 4.78 is 25.7. The molecule has 112 valence electrons. The van der Waals surface area contributed by atoms with Crippen molar-refractivity contribution >= 4 is 32.4 Å². The number of nitrogens with one attached hydrogen (secondary N) is 1. The maximum Gasteiger partial charge on any atom is 0.272 e. The van der Waals surface area contributed by atoms with Gasteiger partial charge < -0.3 is 5.32 Å². The van der Waals surface area contributed by atoms with Gasteiger partial charge in [0.05, 0.1) is 0 Å². The van der Waals surface area contributed by atoms with E-state index in [-0.39, 0.29) is 21.9 Å². The van der Waals surface area contributed by atoms with E-state index in [1.54, 1.807) is 24.5 Å². The van der Waals surface area contributed by atoms with Gasteiger partial charge >= 0.3 is 0 Å². The Hall–Kier alpha value is -1.91. The molecule has 0 fully saturated rings. The van der Waals surface area contributed by atoms with E-state index in [1.165, 1.54) is 14.0 Å². The molecule has 0 aliphatic carbocycles. The molecular weight excluding hydrogens is 314 g/mol. The molecule has 0 radical (unpaired) electrons. The van der Waals surface area contributed by atoms with Gasteiger partial charge in [-0.3, -0.25) is 9.78 Å². The van der Waals surface area contributed by atoms with Crippen molar-refractivity contribution in [2.45, 2.75) is 17.8 Å². The van der Waals surface area contributed by atoms with Crippen LogP contribution in [0, 0.1) is 0 Å². The first-order chi connectivity index (χ1) is 9.89. The van der Waals surface area contributed by atoms with Crippen LogP contribution in [0.25, 0.3) is 0 Å². The van der Waals surface area contributed by atoms with E-state index < -0.39 is 10.0 Å². The van der Waals surface area contributed by atoms with Gasteiger partial charge in [-0.1, -0.05) is 17.4 Å². The molecule has 0 saturated carbocycles. The Kier molecular flexibility index (Phi) is 4.60. The minimum atomic E-state index is -3.75. The number of aromatic nitrogens is 3. The van der Waals surface area contributed by atoms with Crippen LogP contribution in [0.4, 0.5) is 5.13 Å². The predicted molar refractivity (Wildman–Crippen MR) is 77.1 cm³/mol. The summed E-state index contributed by atoms with van der Waals surface area (Å²) in [5.41, 5.74) is 0.759. The summed E-state index contributed by atoms with van der Waals surface area (Å²) in [4.78, 5) is 14.8. The molecule has 0 atom stereocenters. The molecule has 0 spiro atoms. The number of hydrogen-bond donors (Lipinski definition) is 1. The smallest absolute Gasteiger partial charge is 0.272 e. The topological polar surface area (TPSA) is 105 Å². The average Bonchev–Trinajstić information content (AvgIpc) is 2.88. The fourth-order valence-electron chi connectivity index (χ4n) is 1.48. The number of hydrogen-bond acceptors (Lipinski definition) is 7. The number of rotatable bonds is 5. The van der Waals surface area contributed by atoms with Crippen LogP contribution in [-0.2, 0) is 21.4 Å². The summed E-state index contributed by atoms with van der Waals surface area (Å²) in [5.74, 6) is -0.334. The number of pyridine rings is 1. The van der Waals surface area contributed by atoms with Gasteiger partial charge in [0, 0.05) is 32.9 Å². The molecule has 0 aliphatic rings. The van der Waals surface area contributed by atoms with E-state index in [2.05, 4.69) is 20.5 Å². The number of sulfonamides is 1. The SMILES string of the molecule is CC(=O)Nc1nnc(S(=O)(=O)N(C)Cc2cccnc2)s1. The summed E-state index contributed by atoms with van der Waals surface area (Å²) in [7, 11) is -2.31. The van der Waals surface area contributed by atoms with Crippen LogP contribution < -0.4 is 5.32 Å². The van der Waals surface area contributed by atoms with Gasteiger partial charge in [0.25, 0.3) is 10.0 Å². The van der Waals surface area contributed by atoms with Crippen LogP contribution in [0.2, 0.25) is 0 Å². The maximum atomic E-state index is 12.3. The zero-order valence-corrected chi connectivity index (χ0v) is 13.0. The Morgan fingerprint density at radius 3 is 2.81 bits per heavy atom. The summed E-state index contributed by atoms with van der Waals surface area (Å²) in [5, 5.41) is 9.79. The number of anilines is 1. The largest absolute Gasteiger partial charge is 0.301 e. The summed E-state index contributed by atoms with van der Waals surface area (Å²) in [6.07, 6.45) is 3.21. The molecule has 1 amide bonds. The second kappa shape index (κ2) is 6.24. The third kappa shape index (κ3) is 3.80. The first-order valence-corrected chi connectivity index (χ1v) is 8.11. The lowest BCUT2D eigenvalue weighted by Gasteiger charge is -2.14. The van der Waals surface area contributed by atoms with Crippen molar-refractivity contribution in [3.63, 3.8) is 0 Å². The van der Waals surface area contributed by atoms with Crippen molar-refractivity contribution < 1.29 is 13.2 Å². The highest BCUT2D eigenvalue weighted by Crippen LogP contribution is 2.23. The van der Waals surface area contributed by atoms with Crippen molar-refractivity contribution in [2.75, 3.05) is 12.4 Å². The Labute approximate surface area is 125 Å². The molecule has 0 saturated heterocycles. The second-order valence-corrected chi connectivity index (χ2v) is 7.37. The third-order valence-electron chi connectivity index (χ3n) is 2.45. The van der Waals surface area contributed by atoms with Crippen LogP contribution in [0.15, 0.2) is 28.9 Å². The monoisotopic (exact) mass is 327 g/mol. The Balaban J connectivity index is 2.17. The van der Waals surface area contributed by atoms with Gasteiger partial charge in [0.1, 0.15) is 0 Å². The van der Waals surface area contributed by atoms with Crippen LogP contribution in [0.3, 0.4) is 0 Å². The molecule has 0 aliphatic heterocycles. The summed E-state index contributed by atoms with van der Waals surface area (Å²) in [6, 6.07) is 3.51. The van der Waals surface area contributed by atoms with Crippen molar-refractivity contribution in [3.05, 3.63) is 30.1 Å². The Morgan fingerprint density at radius 1 is 1.43 bits per heavy atom. The highest BCUT2D eigenvalue weighted by Gasteiger charge is 2.26. The van der Waals surface area contributed by atoms with Gasteiger partial charge in [0.15, 0.2) is 0 Å². The fraction of sp³-hybridized carbons (Fsp3) is 0.273. The van der Waals surface area contributed by atoms with Gasteiger partial charge in [-0.25, -0.2) is 8.42 Å². The number of nitrogens with zero attached hydrogens (tertiary/aromatic N) is 4. The lowest BCUT2D eigenvalue weighted by molar-refractivity contribution is -0.114. The van der Waals surface area contributed by atoms with Crippen LogP contribution >= 0.6 is 11.3 Å². The van der Waals surface area contributed by atoms with Gasteiger partial charge in [-0.15, -0.1) is 10.2 Å². The molecular formula is C11H13N5O3S2. The highest BCUT2D eigenvalue weighted by molar-refractivity contribution is 7.91. The molecule has 0 bridgehead atoms. The average molecular weight is 327 g/mol. The summed E-state index contributed by atoms with van der Waals surface area (Å²) in [6.45, 7) is 1.48.